The van der Waals surface area contributed by atoms with Crippen LogP contribution in [0.1, 0.15) is 50.8 Å². The Morgan fingerprint density at radius 3 is 2.47 bits per heavy atom. The van der Waals surface area contributed by atoms with Crippen LogP contribution in [0.5, 0.6) is 0 Å². The van der Waals surface area contributed by atoms with Gasteiger partial charge < -0.3 is 10.4 Å². The number of anilines is 1. The highest BCUT2D eigenvalue weighted by molar-refractivity contribution is 5.75. The molecule has 1 atom stereocenters. The van der Waals surface area contributed by atoms with Gasteiger partial charge in [0.15, 0.2) is 0 Å². The van der Waals surface area contributed by atoms with Crippen molar-refractivity contribution in [3.8, 4) is 0 Å². The molecule has 2 N–H and O–H groups in total. The predicted octanol–water partition coefficient (Wildman–Crippen LogP) is 3.97. The topological polar surface area (TPSA) is 83.3 Å². The maximum atomic E-state index is 13.4. The second kappa shape index (κ2) is 9.38. The third-order valence-electron chi connectivity index (χ3n) is 6.09. The summed E-state index contributed by atoms with van der Waals surface area (Å²) in [5.41, 5.74) is 1.27. The van der Waals surface area contributed by atoms with Gasteiger partial charge in [0, 0.05) is 50.1 Å². The smallest absolute Gasteiger partial charge is 0.252 e. The normalized spacial score (nSPS) is 17.6. The number of rotatable bonds is 7. The molecule has 9 heteroatoms. The first-order valence-corrected chi connectivity index (χ1v) is 11.5. The van der Waals surface area contributed by atoms with Gasteiger partial charge >= 0.3 is 0 Å². The zero-order valence-electron chi connectivity index (χ0n) is 19.8. The molecule has 0 amide bonds. The van der Waals surface area contributed by atoms with Crippen LogP contribution in [0.3, 0.4) is 0 Å². The average molecular weight is 472 g/mol. The van der Waals surface area contributed by atoms with Crippen molar-refractivity contribution in [1.82, 2.24) is 19.4 Å². The predicted molar refractivity (Wildman–Crippen MR) is 128 cm³/mol. The number of piperidine rings is 1. The lowest BCUT2D eigenvalue weighted by Crippen LogP contribution is -2.38. The highest BCUT2D eigenvalue weighted by atomic mass is 19.3. The van der Waals surface area contributed by atoms with Crippen LogP contribution in [0.25, 0.3) is 11.0 Å². The molecule has 0 spiro atoms. The fourth-order valence-electron chi connectivity index (χ4n) is 4.17. The van der Waals surface area contributed by atoms with Crippen molar-refractivity contribution in [1.29, 1.82) is 0 Å². The molecule has 1 aliphatic heterocycles. The summed E-state index contributed by atoms with van der Waals surface area (Å²) in [7, 11) is 0. The minimum absolute atomic E-state index is 0.0819. The van der Waals surface area contributed by atoms with Gasteiger partial charge in [0.05, 0.1) is 18.2 Å². The van der Waals surface area contributed by atoms with Gasteiger partial charge in [-0.1, -0.05) is 24.3 Å². The Bertz CT molecular complexity index is 1190. The first-order valence-electron chi connectivity index (χ1n) is 11.5. The first kappa shape index (κ1) is 24.2. The van der Waals surface area contributed by atoms with Crippen molar-refractivity contribution in [2.45, 2.75) is 64.3 Å². The van der Waals surface area contributed by atoms with Crippen LogP contribution in [-0.2, 0) is 13.1 Å². The van der Waals surface area contributed by atoms with Crippen molar-refractivity contribution < 1.29 is 13.9 Å². The number of hydrogen-bond acceptors (Lipinski definition) is 6. The summed E-state index contributed by atoms with van der Waals surface area (Å²) in [5.74, 6) is -2.15. The van der Waals surface area contributed by atoms with E-state index in [1.807, 2.05) is 31.2 Å². The molecular weight excluding hydrogens is 440 g/mol. The SMILES string of the molecule is CC(Nc1ncc2ccc(=O)n(CC(C)(C)O)c2n1)c1ccc(CN2CCC(F)(F)CC2)cc1. The van der Waals surface area contributed by atoms with Gasteiger partial charge in [-0.05, 0) is 38.0 Å². The molecule has 3 aromatic rings. The van der Waals surface area contributed by atoms with Gasteiger partial charge in [0.25, 0.3) is 11.5 Å². The number of nitrogens with zero attached hydrogens (tertiary/aromatic N) is 4. The van der Waals surface area contributed by atoms with Crippen molar-refractivity contribution in [2.75, 3.05) is 18.4 Å². The van der Waals surface area contributed by atoms with Crippen LogP contribution in [0.4, 0.5) is 14.7 Å². The second-order valence-electron chi connectivity index (χ2n) is 9.78. The summed E-state index contributed by atoms with van der Waals surface area (Å²) >= 11 is 0. The number of fused-ring (bicyclic) bond motifs is 1. The lowest BCUT2D eigenvalue weighted by Gasteiger charge is -2.31. The summed E-state index contributed by atoms with van der Waals surface area (Å²) in [5, 5.41) is 14.2. The van der Waals surface area contributed by atoms with E-state index in [9.17, 15) is 18.7 Å². The van der Waals surface area contributed by atoms with E-state index in [2.05, 4.69) is 20.2 Å². The average Bonchev–Trinajstić information content (AvgIpc) is 2.77. The monoisotopic (exact) mass is 471 g/mol. The Labute approximate surface area is 197 Å². The molecule has 34 heavy (non-hydrogen) atoms. The van der Waals surface area contributed by atoms with Gasteiger partial charge in [0.1, 0.15) is 5.65 Å². The van der Waals surface area contributed by atoms with E-state index >= 15 is 0 Å². The van der Waals surface area contributed by atoms with Crippen LogP contribution in [-0.4, -0.2) is 49.2 Å². The van der Waals surface area contributed by atoms with Gasteiger partial charge in [-0.2, -0.15) is 4.98 Å². The summed E-state index contributed by atoms with van der Waals surface area (Å²) in [6.45, 7) is 6.87. The van der Waals surface area contributed by atoms with E-state index in [-0.39, 0.29) is 31.0 Å². The molecule has 2 aromatic heterocycles. The number of likely N-dealkylation sites (tertiary alicyclic amines) is 1. The van der Waals surface area contributed by atoms with E-state index in [4.69, 9.17) is 0 Å². The Morgan fingerprint density at radius 2 is 1.82 bits per heavy atom. The number of aliphatic hydroxyl groups is 1. The summed E-state index contributed by atoms with van der Waals surface area (Å²) in [4.78, 5) is 23.4. The maximum absolute atomic E-state index is 13.4. The van der Waals surface area contributed by atoms with Crippen LogP contribution in [0.2, 0.25) is 0 Å². The molecular formula is C25H31F2N5O2. The second-order valence-corrected chi connectivity index (χ2v) is 9.78. The van der Waals surface area contributed by atoms with Crippen molar-refractivity contribution in [3.05, 3.63) is 64.1 Å². The fourth-order valence-corrected chi connectivity index (χ4v) is 4.17. The lowest BCUT2D eigenvalue weighted by molar-refractivity contribution is -0.0566. The molecule has 3 heterocycles. The van der Waals surface area contributed by atoms with E-state index in [1.165, 1.54) is 10.6 Å². The van der Waals surface area contributed by atoms with Crippen molar-refractivity contribution in [3.63, 3.8) is 0 Å². The van der Waals surface area contributed by atoms with E-state index in [1.54, 1.807) is 26.1 Å². The van der Waals surface area contributed by atoms with Crippen LogP contribution >= 0.6 is 0 Å². The standard InChI is InChI=1S/C25H31F2N5O2/c1-17(19-6-4-18(5-7-19)15-31-12-10-25(26,27)11-13-31)29-23-28-14-20-8-9-21(33)32(22(20)30-23)16-24(2,3)34/h4-9,14,17,34H,10-13,15-16H2,1-3H3,(H,28,29,30). The van der Waals surface area contributed by atoms with Crippen LogP contribution in [0, 0.1) is 0 Å². The summed E-state index contributed by atoms with van der Waals surface area (Å²) in [6, 6.07) is 11.1. The lowest BCUT2D eigenvalue weighted by atomic mass is 10.0. The van der Waals surface area contributed by atoms with Gasteiger partial charge in [-0.15, -0.1) is 0 Å². The molecule has 1 fully saturated rings. The number of benzene rings is 1. The van der Waals surface area contributed by atoms with E-state index < -0.39 is 11.5 Å². The quantitative estimate of drug-likeness (QED) is 0.543. The Morgan fingerprint density at radius 1 is 1.15 bits per heavy atom. The summed E-state index contributed by atoms with van der Waals surface area (Å²) < 4.78 is 28.2. The van der Waals surface area contributed by atoms with Gasteiger partial charge in [-0.25, -0.2) is 13.8 Å². The summed E-state index contributed by atoms with van der Waals surface area (Å²) in [6.07, 6.45) is 1.49. The molecule has 4 rings (SSSR count). The number of pyridine rings is 1. The number of aromatic nitrogens is 3. The van der Waals surface area contributed by atoms with Gasteiger partial charge in [-0.3, -0.25) is 14.3 Å². The molecule has 0 bridgehead atoms. The molecule has 0 radical (unpaired) electrons. The third-order valence-corrected chi connectivity index (χ3v) is 6.09. The molecule has 1 aromatic carbocycles. The first-order chi connectivity index (χ1) is 16.0. The van der Waals surface area contributed by atoms with Gasteiger partial charge in [0.2, 0.25) is 5.95 Å². The Hall–Kier alpha value is -2.91. The highest BCUT2D eigenvalue weighted by Crippen LogP contribution is 2.28. The number of hydrogen-bond donors (Lipinski definition) is 2. The zero-order valence-corrected chi connectivity index (χ0v) is 19.8. The fraction of sp³-hybridized carbons (Fsp3) is 0.480. The highest BCUT2D eigenvalue weighted by Gasteiger charge is 2.33. The minimum atomic E-state index is -2.53. The van der Waals surface area contributed by atoms with E-state index in [0.717, 1.165) is 11.1 Å². The molecule has 0 aliphatic carbocycles. The molecule has 1 saturated heterocycles. The number of nitrogens with one attached hydrogen (secondary N) is 1. The molecule has 0 saturated carbocycles. The van der Waals surface area contributed by atoms with Crippen molar-refractivity contribution in [2.24, 2.45) is 0 Å². The Balaban J connectivity index is 1.46. The van der Waals surface area contributed by atoms with Crippen LogP contribution in [0.15, 0.2) is 47.4 Å². The molecule has 7 nitrogen and oxygen atoms in total. The largest absolute Gasteiger partial charge is 0.389 e. The molecule has 182 valence electrons. The number of halogens is 2. The minimum Gasteiger partial charge on any atom is -0.389 e. The molecule has 1 unspecified atom stereocenters. The van der Waals surface area contributed by atoms with Crippen LogP contribution < -0.4 is 10.9 Å². The third kappa shape index (κ3) is 5.95. The number of alkyl halides is 2. The van der Waals surface area contributed by atoms with E-state index in [0.29, 0.717) is 36.6 Å². The molecule has 1 aliphatic rings. The van der Waals surface area contributed by atoms with Crippen molar-refractivity contribution >= 4 is 17.0 Å². The zero-order chi connectivity index (χ0) is 24.5. The maximum Gasteiger partial charge on any atom is 0.252 e. The Kier molecular flexibility index (Phi) is 6.69.